The number of carbonyl (C=O) groups is 3. The van der Waals surface area contributed by atoms with Crippen molar-refractivity contribution in [1.29, 1.82) is 0 Å². The third-order valence-corrected chi connectivity index (χ3v) is 8.47. The number of esters is 2. The summed E-state index contributed by atoms with van der Waals surface area (Å²) in [5, 5.41) is 35.4. The van der Waals surface area contributed by atoms with E-state index in [1.165, 1.54) is 25.3 Å². The van der Waals surface area contributed by atoms with E-state index in [0.717, 1.165) is 56.9 Å². The van der Waals surface area contributed by atoms with Crippen LogP contribution < -0.4 is 10.1 Å². The molecule has 10 nitrogen and oxygen atoms in total. The van der Waals surface area contributed by atoms with Gasteiger partial charge in [-0.05, 0) is 98.3 Å². The maximum absolute atomic E-state index is 14.0. The summed E-state index contributed by atoms with van der Waals surface area (Å²) in [4.78, 5) is 40.8. The highest BCUT2D eigenvalue weighted by Crippen LogP contribution is 2.30. The smallest absolute Gasteiger partial charge is 0.340 e. The predicted octanol–water partition coefficient (Wildman–Crippen LogP) is 7.15. The molecule has 10 heteroatoms. The first-order chi connectivity index (χ1) is 24.9. The lowest BCUT2D eigenvalue weighted by atomic mass is 9.82. The Kier molecular flexibility index (Phi) is 22.3. The maximum atomic E-state index is 14.0. The number of allylic oxidation sites excluding steroid dienone is 1. The van der Waals surface area contributed by atoms with Crippen molar-refractivity contribution in [3.05, 3.63) is 42.0 Å². The van der Waals surface area contributed by atoms with Gasteiger partial charge >= 0.3 is 11.9 Å². The predicted molar refractivity (Wildman–Crippen MR) is 209 cm³/mol. The van der Waals surface area contributed by atoms with Crippen molar-refractivity contribution in [3.8, 4) is 17.6 Å². The fraction of sp³-hybridized carbons (Fsp3) is 0.698. The molecule has 0 saturated heterocycles. The molecule has 4 N–H and O–H groups in total. The van der Waals surface area contributed by atoms with E-state index in [9.17, 15) is 29.7 Å². The number of rotatable bonds is 25. The van der Waals surface area contributed by atoms with E-state index < -0.39 is 59.6 Å². The molecule has 0 aliphatic rings. The van der Waals surface area contributed by atoms with E-state index in [-0.39, 0.29) is 19.1 Å². The van der Waals surface area contributed by atoms with Gasteiger partial charge in [0.1, 0.15) is 23.6 Å². The van der Waals surface area contributed by atoms with Gasteiger partial charge in [0.2, 0.25) is 5.91 Å². The van der Waals surface area contributed by atoms with Crippen LogP contribution in [0, 0.1) is 17.8 Å². The van der Waals surface area contributed by atoms with Crippen LogP contribution >= 0.6 is 0 Å². The van der Waals surface area contributed by atoms with Crippen molar-refractivity contribution in [3.63, 3.8) is 0 Å². The third-order valence-electron chi connectivity index (χ3n) is 8.47. The zero-order chi connectivity index (χ0) is 39.9. The lowest BCUT2D eigenvalue weighted by molar-refractivity contribution is -0.190. The Balaban J connectivity index is 3.14. The number of ether oxygens (including phenoxy) is 3. The molecule has 1 rings (SSSR count). The molecule has 0 fully saturated rings. The minimum absolute atomic E-state index is 0.248. The lowest BCUT2D eigenvalue weighted by Crippen LogP contribution is -2.56. The molecule has 0 bridgehead atoms. The SMILES string of the molecule is CC#CCOc1ccc(C[C@@H](CO)NC(=O)[C@@H](C=CCCCCCCC(O)CCCCCCC)[C@@](O)(CC(=O)OC(C)(C)C)C(=O)OC(C)(C)C)cc1. The number of hydrogen-bond acceptors (Lipinski definition) is 9. The number of nitrogens with one attached hydrogen (secondary N) is 1. The highest BCUT2D eigenvalue weighted by molar-refractivity contribution is 5.94. The molecule has 0 aliphatic carbocycles. The van der Waals surface area contributed by atoms with Crippen molar-refractivity contribution in [1.82, 2.24) is 5.32 Å². The molecule has 0 aliphatic heterocycles. The molecule has 4 atom stereocenters. The van der Waals surface area contributed by atoms with Crippen LogP contribution in [0.2, 0.25) is 0 Å². The number of carbonyl (C=O) groups excluding carboxylic acids is 3. The lowest BCUT2D eigenvalue weighted by Gasteiger charge is -2.35. The Morgan fingerprint density at radius 3 is 2.00 bits per heavy atom. The third kappa shape index (κ3) is 21.2. The number of aliphatic hydroxyl groups excluding tert-OH is 2. The average molecular weight is 744 g/mol. The Morgan fingerprint density at radius 2 is 1.45 bits per heavy atom. The number of aliphatic hydroxyl groups is 3. The molecule has 1 aromatic rings. The van der Waals surface area contributed by atoms with E-state index in [1.54, 1.807) is 66.7 Å². The van der Waals surface area contributed by atoms with Gasteiger partial charge in [0.25, 0.3) is 0 Å². The van der Waals surface area contributed by atoms with E-state index in [4.69, 9.17) is 14.2 Å². The summed E-state index contributed by atoms with van der Waals surface area (Å²) in [6.07, 6.45) is 14.0. The fourth-order valence-corrected chi connectivity index (χ4v) is 5.74. The van der Waals surface area contributed by atoms with Crippen LogP contribution in [0.5, 0.6) is 5.75 Å². The summed E-state index contributed by atoms with van der Waals surface area (Å²) >= 11 is 0. The quantitative estimate of drug-likeness (QED) is 0.0354. The van der Waals surface area contributed by atoms with Crippen LogP contribution in [0.3, 0.4) is 0 Å². The highest BCUT2D eigenvalue weighted by Gasteiger charge is 2.51. The van der Waals surface area contributed by atoms with Gasteiger partial charge in [0.15, 0.2) is 5.60 Å². The normalized spacial score (nSPS) is 14.7. The van der Waals surface area contributed by atoms with Gasteiger partial charge < -0.3 is 34.8 Å². The van der Waals surface area contributed by atoms with Gasteiger partial charge in [-0.25, -0.2) is 4.79 Å². The minimum Gasteiger partial charge on any atom is -0.481 e. The van der Waals surface area contributed by atoms with Crippen molar-refractivity contribution in [2.45, 2.75) is 174 Å². The van der Waals surface area contributed by atoms with Crippen LogP contribution in [0.25, 0.3) is 0 Å². The van der Waals surface area contributed by atoms with E-state index in [1.807, 2.05) is 12.1 Å². The number of benzene rings is 1. The molecular formula is C43H69NO9. The zero-order valence-corrected chi connectivity index (χ0v) is 33.8. The van der Waals surface area contributed by atoms with Crippen LogP contribution in [0.15, 0.2) is 36.4 Å². The fourth-order valence-electron chi connectivity index (χ4n) is 5.74. The number of amides is 1. The molecule has 0 heterocycles. The summed E-state index contributed by atoms with van der Waals surface area (Å²) in [6.45, 7) is 13.7. The monoisotopic (exact) mass is 743 g/mol. The maximum Gasteiger partial charge on any atom is 0.340 e. The second-order valence-corrected chi connectivity index (χ2v) is 15.9. The van der Waals surface area contributed by atoms with Crippen molar-refractivity contribution in [2.75, 3.05) is 13.2 Å². The first-order valence-corrected chi connectivity index (χ1v) is 19.5. The Bertz CT molecular complexity index is 1300. The van der Waals surface area contributed by atoms with E-state index >= 15 is 0 Å². The molecule has 1 unspecified atom stereocenters. The van der Waals surface area contributed by atoms with Crippen LogP contribution in [-0.4, -0.2) is 75.3 Å². The van der Waals surface area contributed by atoms with Crippen molar-refractivity contribution in [2.24, 2.45) is 5.92 Å². The summed E-state index contributed by atoms with van der Waals surface area (Å²) in [6, 6.07) is 6.40. The number of hydrogen-bond donors (Lipinski definition) is 4. The molecular weight excluding hydrogens is 674 g/mol. The molecule has 0 spiro atoms. The first kappa shape index (κ1) is 47.6. The molecule has 0 radical (unpaired) electrons. The molecule has 53 heavy (non-hydrogen) atoms. The van der Waals surface area contributed by atoms with E-state index in [2.05, 4.69) is 24.1 Å². The second kappa shape index (κ2) is 24.8. The van der Waals surface area contributed by atoms with Gasteiger partial charge in [-0.2, -0.15) is 0 Å². The summed E-state index contributed by atoms with van der Waals surface area (Å²) in [7, 11) is 0. The van der Waals surface area contributed by atoms with Gasteiger partial charge in [0.05, 0.1) is 31.1 Å². The number of unbranched alkanes of at least 4 members (excludes halogenated alkanes) is 8. The zero-order valence-electron chi connectivity index (χ0n) is 33.8. The Labute approximate surface area is 319 Å². The van der Waals surface area contributed by atoms with Gasteiger partial charge in [-0.1, -0.05) is 88.5 Å². The van der Waals surface area contributed by atoms with Gasteiger partial charge in [0, 0.05) is 0 Å². The summed E-state index contributed by atoms with van der Waals surface area (Å²) in [5.41, 5.74) is -3.74. The molecule has 300 valence electrons. The van der Waals surface area contributed by atoms with Crippen molar-refractivity contribution < 1.29 is 43.9 Å². The summed E-state index contributed by atoms with van der Waals surface area (Å²) < 4.78 is 16.6. The van der Waals surface area contributed by atoms with Crippen LogP contribution in [-0.2, 0) is 30.3 Å². The molecule has 1 aromatic carbocycles. The second-order valence-electron chi connectivity index (χ2n) is 15.9. The topological polar surface area (TPSA) is 152 Å². The molecule has 1 amide bonds. The largest absolute Gasteiger partial charge is 0.481 e. The van der Waals surface area contributed by atoms with Crippen LogP contribution in [0.4, 0.5) is 0 Å². The first-order valence-electron chi connectivity index (χ1n) is 19.5. The average Bonchev–Trinajstić information content (AvgIpc) is 3.06. The van der Waals surface area contributed by atoms with E-state index in [0.29, 0.717) is 12.2 Å². The van der Waals surface area contributed by atoms with Crippen LogP contribution in [0.1, 0.15) is 144 Å². The van der Waals surface area contributed by atoms with Gasteiger partial charge in [-0.15, -0.1) is 5.92 Å². The Hall–Kier alpha value is -3.39. The highest BCUT2D eigenvalue weighted by atomic mass is 16.6. The van der Waals surface area contributed by atoms with Gasteiger partial charge in [-0.3, -0.25) is 9.59 Å². The Morgan fingerprint density at radius 1 is 0.868 bits per heavy atom. The molecule has 0 saturated carbocycles. The standard InChI is InChI=1S/C43H69NO9/c1-9-11-13-16-19-22-35(46)23-20-17-14-15-18-21-24-37(43(50,40(49)53-42(6,7)8)31-38(47)52-41(3,4)5)39(48)44-34(32-45)30-33-25-27-36(28-26-33)51-29-12-10-2/h21,24-28,34-35,37,45-46,50H,9,11,13-20,22-23,29-32H2,1-8H3,(H,44,48)/t34-,35?,37+,43-/m0/s1. The summed E-state index contributed by atoms with van der Waals surface area (Å²) in [5.74, 6) is 1.94. The molecule has 0 aromatic heterocycles. The van der Waals surface area contributed by atoms with Crippen molar-refractivity contribution >= 4 is 17.8 Å². The minimum atomic E-state index is -2.61.